The first-order valence-corrected chi connectivity index (χ1v) is 6.19. The van der Waals surface area contributed by atoms with E-state index >= 15 is 0 Å². The number of hydrogen-bond donors (Lipinski definition) is 0. The molecule has 0 bridgehead atoms. The lowest BCUT2D eigenvalue weighted by molar-refractivity contribution is 0.392. The highest BCUT2D eigenvalue weighted by Crippen LogP contribution is 2.24. The van der Waals surface area contributed by atoms with Crippen molar-refractivity contribution in [2.24, 2.45) is 0 Å². The number of rotatable bonds is 4. The van der Waals surface area contributed by atoms with Crippen molar-refractivity contribution in [2.75, 3.05) is 6.61 Å². The van der Waals surface area contributed by atoms with Gasteiger partial charge in [0.1, 0.15) is 0 Å². The van der Waals surface area contributed by atoms with E-state index < -0.39 is 0 Å². The van der Waals surface area contributed by atoms with Crippen LogP contribution in [0.3, 0.4) is 0 Å². The van der Waals surface area contributed by atoms with Gasteiger partial charge in [0, 0.05) is 0 Å². The Hall–Kier alpha value is -0.930. The largest absolute Gasteiger partial charge is 0.373 e. The van der Waals surface area contributed by atoms with E-state index in [9.17, 15) is 0 Å². The van der Waals surface area contributed by atoms with Gasteiger partial charge in [-0.2, -0.15) is 0 Å². The van der Waals surface area contributed by atoms with Crippen molar-refractivity contribution in [1.29, 1.82) is 0 Å². The number of benzene rings is 1. The summed E-state index contributed by atoms with van der Waals surface area (Å²) in [6.07, 6.45) is 4.04. The summed E-state index contributed by atoms with van der Waals surface area (Å²) < 4.78 is 6.49. The second-order valence-electron chi connectivity index (χ2n) is 3.92. The SMILES string of the molecule is c1ccc2sc(CCCC3CO3)nc2c1. The summed E-state index contributed by atoms with van der Waals surface area (Å²) in [5, 5.41) is 1.26. The van der Waals surface area contributed by atoms with Gasteiger partial charge in [-0.05, 0) is 31.4 Å². The topological polar surface area (TPSA) is 25.4 Å². The molecular formula is C12H13NOS. The van der Waals surface area contributed by atoms with Crippen molar-refractivity contribution in [3.05, 3.63) is 29.3 Å². The second kappa shape index (κ2) is 3.91. The Morgan fingerprint density at radius 2 is 2.27 bits per heavy atom. The number of nitrogens with zero attached hydrogens (tertiary/aromatic N) is 1. The Bertz CT molecular complexity index is 428. The summed E-state index contributed by atoms with van der Waals surface area (Å²) in [7, 11) is 0. The molecular weight excluding hydrogens is 206 g/mol. The van der Waals surface area contributed by atoms with Crippen molar-refractivity contribution >= 4 is 21.6 Å². The fraction of sp³-hybridized carbons (Fsp3) is 0.417. The summed E-state index contributed by atoms with van der Waals surface area (Å²) in [5.74, 6) is 0. The minimum atomic E-state index is 0.555. The second-order valence-corrected chi connectivity index (χ2v) is 5.04. The van der Waals surface area contributed by atoms with Crippen LogP contribution >= 0.6 is 11.3 Å². The molecule has 3 heteroatoms. The minimum Gasteiger partial charge on any atom is -0.373 e. The van der Waals surface area contributed by atoms with Gasteiger partial charge >= 0.3 is 0 Å². The molecule has 0 aliphatic carbocycles. The van der Waals surface area contributed by atoms with Crippen molar-refractivity contribution in [1.82, 2.24) is 4.98 Å². The van der Waals surface area contributed by atoms with Crippen LogP contribution in [-0.2, 0) is 11.2 Å². The highest BCUT2D eigenvalue weighted by Gasteiger charge is 2.21. The first kappa shape index (κ1) is 9.31. The minimum absolute atomic E-state index is 0.555. The van der Waals surface area contributed by atoms with Gasteiger partial charge in [-0.25, -0.2) is 4.98 Å². The molecule has 2 aromatic rings. The maximum absolute atomic E-state index is 5.19. The molecule has 0 amide bonds. The quantitative estimate of drug-likeness (QED) is 0.739. The van der Waals surface area contributed by atoms with Gasteiger partial charge in [-0.1, -0.05) is 12.1 Å². The molecule has 1 aromatic carbocycles. The van der Waals surface area contributed by atoms with Gasteiger partial charge in [-0.3, -0.25) is 0 Å². The number of fused-ring (bicyclic) bond motifs is 1. The number of aryl methyl sites for hydroxylation is 1. The first-order valence-electron chi connectivity index (χ1n) is 5.38. The zero-order chi connectivity index (χ0) is 10.1. The third-order valence-corrected chi connectivity index (χ3v) is 3.75. The average molecular weight is 219 g/mol. The first-order chi connectivity index (χ1) is 7.42. The average Bonchev–Trinajstić information content (AvgIpc) is 2.97. The lowest BCUT2D eigenvalue weighted by Crippen LogP contribution is -1.88. The summed E-state index contributed by atoms with van der Waals surface area (Å²) in [6.45, 7) is 0.972. The monoisotopic (exact) mass is 219 g/mol. The van der Waals surface area contributed by atoms with E-state index in [-0.39, 0.29) is 0 Å². The summed E-state index contributed by atoms with van der Waals surface area (Å²) >= 11 is 1.82. The van der Waals surface area contributed by atoms with Gasteiger partial charge in [0.15, 0.2) is 0 Å². The predicted octanol–water partition coefficient (Wildman–Crippen LogP) is 3.02. The number of aromatic nitrogens is 1. The molecule has 1 aliphatic rings. The maximum atomic E-state index is 5.19. The molecule has 0 radical (unpaired) electrons. The van der Waals surface area contributed by atoms with E-state index in [2.05, 4.69) is 23.2 Å². The fourth-order valence-electron chi connectivity index (χ4n) is 1.74. The number of ether oxygens (including phenoxy) is 1. The van der Waals surface area contributed by atoms with Crippen LogP contribution in [0.4, 0.5) is 0 Å². The van der Waals surface area contributed by atoms with Crippen molar-refractivity contribution in [3.8, 4) is 0 Å². The Labute approximate surface area is 92.9 Å². The van der Waals surface area contributed by atoms with Gasteiger partial charge < -0.3 is 4.74 Å². The molecule has 78 valence electrons. The number of hydrogen-bond acceptors (Lipinski definition) is 3. The number of epoxide rings is 1. The summed E-state index contributed by atoms with van der Waals surface area (Å²) in [4.78, 5) is 4.61. The van der Waals surface area contributed by atoms with E-state index in [0.717, 1.165) is 18.5 Å². The molecule has 0 saturated carbocycles. The van der Waals surface area contributed by atoms with Crippen molar-refractivity contribution in [3.63, 3.8) is 0 Å². The molecule has 3 rings (SSSR count). The Kier molecular flexibility index (Phi) is 2.43. The third kappa shape index (κ3) is 2.19. The van der Waals surface area contributed by atoms with Crippen LogP contribution in [0.5, 0.6) is 0 Å². The number of thiazole rings is 1. The molecule has 1 aliphatic heterocycles. The van der Waals surface area contributed by atoms with E-state index in [1.807, 2.05) is 17.4 Å². The fourth-order valence-corrected chi connectivity index (χ4v) is 2.75. The van der Waals surface area contributed by atoms with E-state index in [1.165, 1.54) is 22.5 Å². The van der Waals surface area contributed by atoms with Crippen LogP contribution in [0.25, 0.3) is 10.2 Å². The predicted molar refractivity (Wildman–Crippen MR) is 62.3 cm³/mol. The van der Waals surface area contributed by atoms with Crippen molar-refractivity contribution < 1.29 is 4.74 Å². The molecule has 2 nitrogen and oxygen atoms in total. The molecule has 1 unspecified atom stereocenters. The lowest BCUT2D eigenvalue weighted by Gasteiger charge is -1.92. The van der Waals surface area contributed by atoms with Gasteiger partial charge in [-0.15, -0.1) is 11.3 Å². The van der Waals surface area contributed by atoms with Crippen LogP contribution in [0.15, 0.2) is 24.3 Å². The Morgan fingerprint density at radius 3 is 3.07 bits per heavy atom. The molecule has 1 fully saturated rings. The zero-order valence-electron chi connectivity index (χ0n) is 8.48. The summed E-state index contributed by atoms with van der Waals surface area (Å²) in [6, 6.07) is 8.34. The normalized spacial score (nSPS) is 19.6. The zero-order valence-corrected chi connectivity index (χ0v) is 9.30. The Morgan fingerprint density at radius 1 is 1.40 bits per heavy atom. The molecule has 0 N–H and O–H groups in total. The van der Waals surface area contributed by atoms with Crippen LogP contribution in [0, 0.1) is 0 Å². The van der Waals surface area contributed by atoms with Gasteiger partial charge in [0.2, 0.25) is 0 Å². The highest BCUT2D eigenvalue weighted by molar-refractivity contribution is 7.18. The molecule has 1 saturated heterocycles. The molecule has 1 aromatic heterocycles. The van der Waals surface area contributed by atoms with Crippen LogP contribution in [0.1, 0.15) is 17.8 Å². The van der Waals surface area contributed by atoms with E-state index in [0.29, 0.717) is 6.10 Å². The van der Waals surface area contributed by atoms with Gasteiger partial charge in [0.05, 0.1) is 27.9 Å². The third-order valence-electron chi connectivity index (χ3n) is 2.66. The maximum Gasteiger partial charge on any atom is 0.0938 e. The van der Waals surface area contributed by atoms with Crippen LogP contribution in [0.2, 0.25) is 0 Å². The van der Waals surface area contributed by atoms with Crippen molar-refractivity contribution in [2.45, 2.75) is 25.4 Å². The van der Waals surface area contributed by atoms with E-state index in [4.69, 9.17) is 4.74 Å². The summed E-state index contributed by atoms with van der Waals surface area (Å²) in [5.41, 5.74) is 1.14. The molecule has 2 heterocycles. The van der Waals surface area contributed by atoms with Gasteiger partial charge in [0.25, 0.3) is 0 Å². The highest BCUT2D eigenvalue weighted by atomic mass is 32.1. The standard InChI is InChI=1S/C12H13NOS/c1-2-6-11-10(5-1)13-12(15-11)7-3-4-9-8-14-9/h1-2,5-6,9H,3-4,7-8H2. The number of para-hydroxylation sites is 1. The van der Waals surface area contributed by atoms with E-state index in [1.54, 1.807) is 0 Å². The smallest absolute Gasteiger partial charge is 0.0938 e. The van der Waals surface area contributed by atoms with Crippen LogP contribution < -0.4 is 0 Å². The lowest BCUT2D eigenvalue weighted by atomic mass is 10.2. The Balaban J connectivity index is 1.68. The molecule has 15 heavy (non-hydrogen) atoms. The molecule has 1 atom stereocenters. The molecule has 0 spiro atoms. The van der Waals surface area contributed by atoms with Crippen LogP contribution in [-0.4, -0.2) is 17.7 Å².